The molecule has 4 aromatic rings. The lowest BCUT2D eigenvalue weighted by molar-refractivity contribution is -0.134. The Morgan fingerprint density at radius 1 is 0.705 bits per heavy atom. The third kappa shape index (κ3) is 8.65. The molecule has 0 saturated carbocycles. The Labute approximate surface area is 253 Å². The van der Waals surface area contributed by atoms with Crippen LogP contribution < -0.4 is 23.7 Å². The number of phenolic OH excluding ortho intramolecular Hbond substituents is 1. The van der Waals surface area contributed by atoms with Crippen molar-refractivity contribution in [2.45, 2.75) is 13.3 Å². The Balaban J connectivity index is 0.000000244. The summed E-state index contributed by atoms with van der Waals surface area (Å²) in [6.07, 6.45) is 8.87. The van der Waals surface area contributed by atoms with E-state index < -0.39 is 11.8 Å². The molecular formula is C33H32O11. The highest BCUT2D eigenvalue weighted by molar-refractivity contribution is 6.11. The molecule has 0 unspecified atom stereocenters. The average Bonchev–Trinajstić information content (AvgIpc) is 3.76. The molecule has 2 aromatic carbocycles. The van der Waals surface area contributed by atoms with Crippen LogP contribution in [-0.4, -0.2) is 51.1 Å². The second-order valence-electron chi connectivity index (χ2n) is 8.68. The molecule has 230 valence electrons. The molecule has 0 atom stereocenters. The number of carbonyl (C=O) groups is 3. The maximum absolute atomic E-state index is 12.6. The molecule has 0 aliphatic heterocycles. The topological polar surface area (TPSA) is 144 Å². The van der Waals surface area contributed by atoms with Crippen molar-refractivity contribution >= 4 is 29.7 Å². The largest absolute Gasteiger partial charge is 0.507 e. The summed E-state index contributed by atoms with van der Waals surface area (Å²) in [4.78, 5) is 36.4. The minimum absolute atomic E-state index is 0.0797. The van der Waals surface area contributed by atoms with E-state index in [2.05, 4.69) is 0 Å². The molecule has 0 aliphatic carbocycles. The quantitative estimate of drug-likeness (QED) is 0.0829. The van der Waals surface area contributed by atoms with E-state index in [1.165, 1.54) is 83.5 Å². The van der Waals surface area contributed by atoms with Gasteiger partial charge in [0.15, 0.2) is 11.6 Å². The highest BCUT2D eigenvalue weighted by Crippen LogP contribution is 2.36. The Morgan fingerprint density at radius 3 is 1.64 bits per heavy atom. The fourth-order valence-corrected chi connectivity index (χ4v) is 3.72. The van der Waals surface area contributed by atoms with Crippen LogP contribution in [-0.2, 0) is 4.79 Å². The van der Waals surface area contributed by atoms with Gasteiger partial charge in [0.2, 0.25) is 0 Å². The monoisotopic (exact) mass is 604 g/mol. The van der Waals surface area contributed by atoms with Gasteiger partial charge in [-0.1, -0.05) is 6.92 Å². The molecule has 0 bridgehead atoms. The predicted octanol–water partition coefficient (Wildman–Crippen LogP) is 6.41. The van der Waals surface area contributed by atoms with Crippen molar-refractivity contribution in [1.82, 2.24) is 0 Å². The average molecular weight is 605 g/mol. The van der Waals surface area contributed by atoms with E-state index in [0.717, 1.165) is 0 Å². The molecule has 11 heteroatoms. The third-order valence-electron chi connectivity index (χ3n) is 5.90. The molecule has 4 rings (SSSR count). The molecular weight excluding hydrogens is 572 g/mol. The number of benzene rings is 2. The number of aromatic hydroxyl groups is 1. The van der Waals surface area contributed by atoms with E-state index in [0.29, 0.717) is 23.0 Å². The number of allylic oxidation sites excluding steroid dienone is 2. The van der Waals surface area contributed by atoms with Gasteiger partial charge in [-0.15, -0.1) is 0 Å². The maximum Gasteiger partial charge on any atom is 0.310 e. The number of furan rings is 2. The first-order valence-electron chi connectivity index (χ1n) is 13.2. The first-order valence-corrected chi connectivity index (χ1v) is 13.2. The van der Waals surface area contributed by atoms with Crippen molar-refractivity contribution < 1.29 is 52.0 Å². The second-order valence-corrected chi connectivity index (χ2v) is 8.68. The Hall–Kier alpha value is -5.71. The third-order valence-corrected chi connectivity index (χ3v) is 5.90. The fourth-order valence-electron chi connectivity index (χ4n) is 3.72. The van der Waals surface area contributed by atoms with Crippen LogP contribution in [0, 0.1) is 0 Å². The number of ketones is 2. The summed E-state index contributed by atoms with van der Waals surface area (Å²) in [5.41, 5.74) is 0.221. The zero-order valence-corrected chi connectivity index (χ0v) is 24.8. The summed E-state index contributed by atoms with van der Waals surface area (Å²) < 4.78 is 36.0. The van der Waals surface area contributed by atoms with Crippen molar-refractivity contribution in [2.24, 2.45) is 0 Å². The van der Waals surface area contributed by atoms with Gasteiger partial charge in [-0.25, -0.2) is 0 Å². The van der Waals surface area contributed by atoms with Crippen molar-refractivity contribution in [3.8, 4) is 34.5 Å². The summed E-state index contributed by atoms with van der Waals surface area (Å²) in [5, 5.41) is 9.92. The highest BCUT2D eigenvalue weighted by Gasteiger charge is 2.21. The van der Waals surface area contributed by atoms with Crippen molar-refractivity contribution in [2.75, 3.05) is 28.4 Å². The molecule has 44 heavy (non-hydrogen) atoms. The van der Waals surface area contributed by atoms with Gasteiger partial charge in [0, 0.05) is 30.7 Å². The van der Waals surface area contributed by atoms with Crippen LogP contribution in [0.25, 0.3) is 12.2 Å². The van der Waals surface area contributed by atoms with Gasteiger partial charge < -0.3 is 37.6 Å². The molecule has 0 spiro atoms. The van der Waals surface area contributed by atoms with E-state index in [9.17, 15) is 19.5 Å². The van der Waals surface area contributed by atoms with Gasteiger partial charge in [-0.3, -0.25) is 14.4 Å². The van der Waals surface area contributed by atoms with Gasteiger partial charge in [-0.05, 0) is 48.6 Å². The van der Waals surface area contributed by atoms with Crippen molar-refractivity contribution in [3.05, 3.63) is 95.9 Å². The molecule has 0 amide bonds. The zero-order chi connectivity index (χ0) is 32.1. The minimum Gasteiger partial charge on any atom is -0.507 e. The summed E-state index contributed by atoms with van der Waals surface area (Å²) in [6.45, 7) is 1.66. The number of carbonyl (C=O) groups excluding carboxylic acids is 3. The van der Waals surface area contributed by atoms with E-state index in [-0.39, 0.29) is 46.3 Å². The second kappa shape index (κ2) is 16.1. The molecule has 2 heterocycles. The number of ether oxygens (including phenoxy) is 5. The van der Waals surface area contributed by atoms with Gasteiger partial charge in [0.05, 0.1) is 41.0 Å². The van der Waals surface area contributed by atoms with E-state index in [4.69, 9.17) is 32.5 Å². The fraction of sp³-hybridized carbons (Fsp3) is 0.182. The van der Waals surface area contributed by atoms with Crippen LogP contribution in [0.2, 0.25) is 0 Å². The standard InChI is InChI=1S/C18H18O6.C15H14O5/c1-4-17(20)24-16-11-13(21-2)10-15(22-3)18(16)14(19)8-7-12-6-5-9-23-12;1-18-11-8-13(17)15(14(9-11)19-2)12(16)6-5-10-4-3-7-20-10/h5-11H,4H2,1-3H3;3-9,17H,1-2H3/b8-7+;6-5+. The Kier molecular flexibility index (Phi) is 12.0. The smallest absolute Gasteiger partial charge is 0.310 e. The van der Waals surface area contributed by atoms with E-state index in [1.54, 1.807) is 37.3 Å². The number of esters is 1. The van der Waals surface area contributed by atoms with Crippen LogP contribution in [0.3, 0.4) is 0 Å². The first kappa shape index (κ1) is 32.8. The van der Waals surface area contributed by atoms with E-state index in [1.807, 2.05) is 0 Å². The minimum atomic E-state index is -0.464. The number of methoxy groups -OCH3 is 4. The number of hydrogen-bond donors (Lipinski definition) is 1. The summed E-state index contributed by atoms with van der Waals surface area (Å²) in [7, 11) is 5.78. The molecule has 0 saturated heterocycles. The van der Waals surface area contributed by atoms with Crippen LogP contribution >= 0.6 is 0 Å². The molecule has 0 aliphatic rings. The number of hydrogen-bond acceptors (Lipinski definition) is 11. The van der Waals surface area contributed by atoms with E-state index >= 15 is 0 Å². The first-order chi connectivity index (χ1) is 21.2. The molecule has 2 aromatic heterocycles. The van der Waals surface area contributed by atoms with Crippen LogP contribution in [0.15, 0.2) is 82.0 Å². The lowest BCUT2D eigenvalue weighted by atomic mass is 10.1. The van der Waals surface area contributed by atoms with Gasteiger partial charge >= 0.3 is 5.97 Å². The summed E-state index contributed by atoms with van der Waals surface area (Å²) in [5.74, 6) is 1.05. The van der Waals surface area contributed by atoms with Crippen molar-refractivity contribution in [3.63, 3.8) is 0 Å². The molecule has 0 fully saturated rings. The van der Waals surface area contributed by atoms with Crippen molar-refractivity contribution in [1.29, 1.82) is 0 Å². The van der Waals surface area contributed by atoms with Crippen LogP contribution in [0.5, 0.6) is 34.5 Å². The number of phenols is 1. The molecule has 0 radical (unpaired) electrons. The SMILES string of the molecule is CCC(=O)Oc1cc(OC)cc(OC)c1C(=O)/C=C/c1ccco1.COc1cc(O)c(C(=O)/C=C/c2ccco2)c(OC)c1. The van der Waals surface area contributed by atoms with Gasteiger partial charge in [0.1, 0.15) is 57.1 Å². The predicted molar refractivity (Wildman–Crippen MR) is 161 cm³/mol. The lowest BCUT2D eigenvalue weighted by Gasteiger charge is -2.13. The number of rotatable bonds is 12. The highest BCUT2D eigenvalue weighted by atomic mass is 16.5. The van der Waals surface area contributed by atoms with Gasteiger partial charge in [-0.2, -0.15) is 0 Å². The summed E-state index contributed by atoms with van der Waals surface area (Å²) in [6, 6.07) is 12.8. The van der Waals surface area contributed by atoms with Crippen LogP contribution in [0.1, 0.15) is 45.6 Å². The maximum atomic E-state index is 12.6. The zero-order valence-electron chi connectivity index (χ0n) is 24.8. The Morgan fingerprint density at radius 2 is 1.18 bits per heavy atom. The van der Waals surface area contributed by atoms with Gasteiger partial charge in [0.25, 0.3) is 0 Å². The Bertz CT molecular complexity index is 1610. The normalized spacial score (nSPS) is 10.7. The summed E-state index contributed by atoms with van der Waals surface area (Å²) >= 11 is 0. The van der Waals surface area contributed by atoms with Crippen LogP contribution in [0.4, 0.5) is 0 Å². The molecule has 1 N–H and O–H groups in total. The lowest BCUT2D eigenvalue weighted by Crippen LogP contribution is -2.10. The molecule has 11 nitrogen and oxygen atoms in total.